The Morgan fingerprint density at radius 2 is 1.67 bits per heavy atom. The largest absolute Gasteiger partial charge is 0.497 e. The summed E-state index contributed by atoms with van der Waals surface area (Å²) < 4.78 is 5.21. The molecule has 0 saturated heterocycles. The van der Waals surface area contributed by atoms with Gasteiger partial charge in [-0.05, 0) is 49.9 Å². The van der Waals surface area contributed by atoms with Crippen LogP contribution in [0.5, 0.6) is 5.75 Å². The highest BCUT2D eigenvalue weighted by Crippen LogP contribution is 2.16. The molecule has 30 heavy (non-hydrogen) atoms. The number of amides is 2. The summed E-state index contributed by atoms with van der Waals surface area (Å²) in [5.41, 5.74) is 3.29. The molecule has 2 rings (SSSR count). The molecule has 0 aliphatic carbocycles. The van der Waals surface area contributed by atoms with Crippen LogP contribution in [0, 0.1) is 6.92 Å². The molecule has 2 amide bonds. The lowest BCUT2D eigenvalue weighted by Gasteiger charge is -2.29. The molecule has 1 N–H and O–H groups in total. The van der Waals surface area contributed by atoms with Gasteiger partial charge in [0.15, 0.2) is 0 Å². The van der Waals surface area contributed by atoms with Crippen LogP contribution in [-0.4, -0.2) is 36.4 Å². The minimum Gasteiger partial charge on any atom is -0.497 e. The lowest BCUT2D eigenvalue weighted by molar-refractivity contribution is -0.140. The zero-order valence-electron chi connectivity index (χ0n) is 18.6. The maximum atomic E-state index is 13.1. The van der Waals surface area contributed by atoms with Crippen molar-refractivity contribution < 1.29 is 14.3 Å². The van der Waals surface area contributed by atoms with Gasteiger partial charge in [0.1, 0.15) is 11.8 Å². The molecular weight excluding hydrogens is 376 g/mol. The van der Waals surface area contributed by atoms with Gasteiger partial charge in [0.25, 0.3) is 0 Å². The summed E-state index contributed by atoms with van der Waals surface area (Å²) in [7, 11) is 1.62. The Morgan fingerprint density at radius 3 is 2.27 bits per heavy atom. The summed E-state index contributed by atoms with van der Waals surface area (Å²) in [5.74, 6) is 0.631. The normalized spacial score (nSPS) is 11.6. The summed E-state index contributed by atoms with van der Waals surface area (Å²) in [6.45, 7) is 6.95. The molecule has 5 nitrogen and oxygen atoms in total. The molecule has 0 unspecified atom stereocenters. The molecule has 0 spiro atoms. The van der Waals surface area contributed by atoms with Gasteiger partial charge < -0.3 is 15.0 Å². The fraction of sp³-hybridized carbons (Fsp3) is 0.440. The fourth-order valence-corrected chi connectivity index (χ4v) is 3.20. The number of carbonyl (C=O) groups is 2. The Morgan fingerprint density at radius 1 is 1.03 bits per heavy atom. The van der Waals surface area contributed by atoms with Gasteiger partial charge in [-0.15, -0.1) is 0 Å². The van der Waals surface area contributed by atoms with Crippen molar-refractivity contribution in [2.24, 2.45) is 0 Å². The summed E-state index contributed by atoms with van der Waals surface area (Å²) >= 11 is 0. The number of benzene rings is 2. The predicted octanol–water partition coefficient (Wildman–Crippen LogP) is 4.27. The highest BCUT2D eigenvalue weighted by Gasteiger charge is 2.25. The smallest absolute Gasteiger partial charge is 0.242 e. The number of nitrogens with one attached hydrogen (secondary N) is 1. The SMILES string of the molecule is CCCCNC(=O)[C@H](C)N(Cc1ccc(OC)cc1)C(=O)CCc1ccc(C)cc1. The zero-order chi connectivity index (χ0) is 21.9. The van der Waals surface area contributed by atoms with Crippen LogP contribution in [0.4, 0.5) is 0 Å². The van der Waals surface area contributed by atoms with Gasteiger partial charge in [0.2, 0.25) is 11.8 Å². The van der Waals surface area contributed by atoms with Crippen molar-refractivity contribution in [2.75, 3.05) is 13.7 Å². The van der Waals surface area contributed by atoms with Crippen molar-refractivity contribution in [3.63, 3.8) is 0 Å². The second-order valence-corrected chi connectivity index (χ2v) is 7.68. The maximum Gasteiger partial charge on any atom is 0.242 e. The number of nitrogens with zero attached hydrogens (tertiary/aromatic N) is 1. The molecule has 5 heteroatoms. The van der Waals surface area contributed by atoms with Gasteiger partial charge in [-0.1, -0.05) is 55.3 Å². The standard InChI is InChI=1S/C25H34N2O3/c1-5-6-17-26-25(29)20(3)27(18-22-11-14-23(30-4)15-12-22)24(28)16-13-21-9-7-19(2)8-10-21/h7-12,14-15,20H,5-6,13,16-18H2,1-4H3,(H,26,29)/t20-/m0/s1. The topological polar surface area (TPSA) is 58.6 Å². The van der Waals surface area contributed by atoms with Gasteiger partial charge in [0.05, 0.1) is 7.11 Å². The van der Waals surface area contributed by atoms with Crippen LogP contribution in [0.3, 0.4) is 0 Å². The van der Waals surface area contributed by atoms with E-state index >= 15 is 0 Å². The van der Waals surface area contributed by atoms with Crippen LogP contribution in [0.1, 0.15) is 49.8 Å². The first-order valence-corrected chi connectivity index (χ1v) is 10.7. The summed E-state index contributed by atoms with van der Waals surface area (Å²) in [6, 6.07) is 15.3. The molecule has 2 aromatic rings. The highest BCUT2D eigenvalue weighted by atomic mass is 16.5. The van der Waals surface area contributed by atoms with Gasteiger partial charge in [-0.3, -0.25) is 9.59 Å². The second-order valence-electron chi connectivity index (χ2n) is 7.68. The van der Waals surface area contributed by atoms with Crippen LogP contribution in [0.15, 0.2) is 48.5 Å². The molecule has 162 valence electrons. The molecule has 2 aromatic carbocycles. The van der Waals surface area contributed by atoms with Gasteiger partial charge >= 0.3 is 0 Å². The Hall–Kier alpha value is -2.82. The van der Waals surface area contributed by atoms with Crippen LogP contribution in [0.2, 0.25) is 0 Å². The number of ether oxygens (including phenoxy) is 1. The first-order valence-electron chi connectivity index (χ1n) is 10.7. The van der Waals surface area contributed by atoms with E-state index in [1.54, 1.807) is 18.9 Å². The number of hydrogen-bond acceptors (Lipinski definition) is 3. The van der Waals surface area contributed by atoms with Crippen molar-refractivity contribution >= 4 is 11.8 Å². The Balaban J connectivity index is 2.10. The minimum atomic E-state index is -0.533. The van der Waals surface area contributed by atoms with Crippen molar-refractivity contribution in [1.82, 2.24) is 10.2 Å². The average molecular weight is 411 g/mol. The zero-order valence-corrected chi connectivity index (χ0v) is 18.6. The number of hydrogen-bond donors (Lipinski definition) is 1. The van der Waals surface area contributed by atoms with E-state index < -0.39 is 6.04 Å². The molecule has 0 aromatic heterocycles. The molecule has 0 heterocycles. The third-order valence-corrected chi connectivity index (χ3v) is 5.26. The Labute approximate surface area is 180 Å². The fourth-order valence-electron chi connectivity index (χ4n) is 3.20. The predicted molar refractivity (Wildman–Crippen MR) is 120 cm³/mol. The van der Waals surface area contributed by atoms with E-state index in [0.717, 1.165) is 29.7 Å². The molecule has 0 aliphatic heterocycles. The quantitative estimate of drug-likeness (QED) is 0.563. The lowest BCUT2D eigenvalue weighted by atomic mass is 10.1. The summed E-state index contributed by atoms with van der Waals surface area (Å²) in [6.07, 6.45) is 2.96. The van der Waals surface area contributed by atoms with Crippen molar-refractivity contribution in [3.05, 3.63) is 65.2 Å². The summed E-state index contributed by atoms with van der Waals surface area (Å²) in [4.78, 5) is 27.4. The molecule has 1 atom stereocenters. The van der Waals surface area contributed by atoms with Crippen LogP contribution in [-0.2, 0) is 22.6 Å². The highest BCUT2D eigenvalue weighted by molar-refractivity contribution is 5.87. The van der Waals surface area contributed by atoms with E-state index in [9.17, 15) is 9.59 Å². The molecule has 0 radical (unpaired) electrons. The maximum absolute atomic E-state index is 13.1. The average Bonchev–Trinajstić information content (AvgIpc) is 2.77. The number of rotatable bonds is 11. The van der Waals surface area contributed by atoms with Gasteiger partial charge in [0, 0.05) is 19.5 Å². The molecular formula is C25H34N2O3. The van der Waals surface area contributed by atoms with Crippen LogP contribution >= 0.6 is 0 Å². The first-order chi connectivity index (χ1) is 14.4. The number of carbonyl (C=O) groups excluding carboxylic acids is 2. The molecule has 0 aliphatic rings. The van der Waals surface area contributed by atoms with E-state index in [-0.39, 0.29) is 11.8 Å². The van der Waals surface area contributed by atoms with Crippen molar-refractivity contribution in [1.29, 1.82) is 0 Å². The molecule has 0 fully saturated rings. The van der Waals surface area contributed by atoms with E-state index in [1.165, 1.54) is 5.56 Å². The van der Waals surface area contributed by atoms with E-state index in [0.29, 0.717) is 25.9 Å². The first kappa shape index (κ1) is 23.5. The third kappa shape index (κ3) is 7.21. The van der Waals surface area contributed by atoms with Gasteiger partial charge in [-0.2, -0.15) is 0 Å². The second kappa shape index (κ2) is 12.0. The van der Waals surface area contributed by atoms with Crippen molar-refractivity contribution in [2.45, 2.75) is 59.0 Å². The van der Waals surface area contributed by atoms with E-state index in [4.69, 9.17) is 4.74 Å². The minimum absolute atomic E-state index is 0.0236. The number of unbranched alkanes of at least 4 members (excludes halogenated alkanes) is 1. The number of methoxy groups -OCH3 is 1. The van der Waals surface area contributed by atoms with Gasteiger partial charge in [-0.25, -0.2) is 0 Å². The third-order valence-electron chi connectivity index (χ3n) is 5.26. The lowest BCUT2D eigenvalue weighted by Crippen LogP contribution is -2.47. The monoisotopic (exact) mass is 410 g/mol. The molecule has 0 bridgehead atoms. The number of aryl methyl sites for hydroxylation is 2. The summed E-state index contributed by atoms with van der Waals surface area (Å²) in [5, 5.41) is 2.95. The van der Waals surface area contributed by atoms with E-state index in [1.807, 2.05) is 31.2 Å². The van der Waals surface area contributed by atoms with Crippen LogP contribution in [0.25, 0.3) is 0 Å². The van der Waals surface area contributed by atoms with Crippen molar-refractivity contribution in [3.8, 4) is 5.75 Å². The molecule has 0 saturated carbocycles. The Kier molecular flexibility index (Phi) is 9.39. The Bertz CT molecular complexity index is 800. The van der Waals surface area contributed by atoms with Crippen LogP contribution < -0.4 is 10.1 Å². The van der Waals surface area contributed by atoms with E-state index in [2.05, 4.69) is 36.5 Å².